The lowest BCUT2D eigenvalue weighted by Gasteiger charge is -2.08. The molecule has 0 aromatic heterocycles. The second-order valence-electron chi connectivity index (χ2n) is 7.06. The van der Waals surface area contributed by atoms with Gasteiger partial charge >= 0.3 is 5.97 Å². The molecule has 0 saturated heterocycles. The van der Waals surface area contributed by atoms with Crippen molar-refractivity contribution < 1.29 is 28.5 Å². The molecule has 0 unspecified atom stereocenters. The molecule has 0 fully saturated rings. The van der Waals surface area contributed by atoms with Crippen LogP contribution >= 0.6 is 15.9 Å². The molecule has 162 valence electrons. The first-order valence-corrected chi connectivity index (χ1v) is 10.5. The van der Waals surface area contributed by atoms with E-state index >= 15 is 0 Å². The Labute approximate surface area is 193 Å². The van der Waals surface area contributed by atoms with Crippen LogP contribution in [0.4, 0.5) is 0 Å². The molecule has 3 aromatic rings. The van der Waals surface area contributed by atoms with Crippen LogP contribution in [0.5, 0.6) is 23.0 Å². The van der Waals surface area contributed by atoms with Gasteiger partial charge in [0.2, 0.25) is 5.78 Å². The van der Waals surface area contributed by atoms with E-state index in [2.05, 4.69) is 15.9 Å². The number of Topliss-reactive ketones (excluding diaryl/α,β-unsaturated/α-hetero) is 1. The number of rotatable bonds is 5. The average Bonchev–Trinajstić information content (AvgIpc) is 3.09. The minimum absolute atomic E-state index is 0.173. The van der Waals surface area contributed by atoms with Crippen molar-refractivity contribution >= 4 is 33.8 Å². The van der Waals surface area contributed by atoms with E-state index in [1.165, 1.54) is 0 Å². The summed E-state index contributed by atoms with van der Waals surface area (Å²) >= 11 is 3.34. The van der Waals surface area contributed by atoms with Crippen molar-refractivity contribution in [1.29, 1.82) is 0 Å². The van der Waals surface area contributed by atoms with E-state index < -0.39 is 5.97 Å². The number of ketones is 1. The summed E-state index contributed by atoms with van der Waals surface area (Å²) in [7, 11) is 3.10. The Morgan fingerprint density at radius 1 is 0.969 bits per heavy atom. The smallest absolute Gasteiger partial charge is 0.343 e. The standard InChI is InChI=1S/C25H19BrO6/c1-14-10-18(31-25(28)16-5-7-17(26)8-6-16)13-21-23(14)24(27)22(32-21)12-15-4-9-19(29-2)20(11-15)30-3/h4-13H,1-3H3/b22-12-. The van der Waals surface area contributed by atoms with Crippen LogP contribution in [-0.2, 0) is 0 Å². The van der Waals surface area contributed by atoms with E-state index in [9.17, 15) is 9.59 Å². The summed E-state index contributed by atoms with van der Waals surface area (Å²) in [6.45, 7) is 1.77. The predicted molar refractivity (Wildman–Crippen MR) is 123 cm³/mol. The highest BCUT2D eigenvalue weighted by molar-refractivity contribution is 9.10. The zero-order valence-corrected chi connectivity index (χ0v) is 19.2. The zero-order valence-electron chi connectivity index (χ0n) is 17.6. The maximum atomic E-state index is 12.9. The van der Waals surface area contributed by atoms with Crippen molar-refractivity contribution in [1.82, 2.24) is 0 Å². The highest BCUT2D eigenvalue weighted by Gasteiger charge is 2.30. The number of esters is 1. The molecule has 0 spiro atoms. The van der Waals surface area contributed by atoms with Crippen LogP contribution in [0.25, 0.3) is 6.08 Å². The van der Waals surface area contributed by atoms with Crippen LogP contribution in [0.1, 0.15) is 31.8 Å². The molecule has 0 radical (unpaired) electrons. The van der Waals surface area contributed by atoms with Crippen molar-refractivity contribution in [3.63, 3.8) is 0 Å². The van der Waals surface area contributed by atoms with Gasteiger partial charge in [-0.05, 0) is 66.6 Å². The third kappa shape index (κ3) is 4.24. The molecular formula is C25H19BrO6. The van der Waals surface area contributed by atoms with Gasteiger partial charge in [-0.3, -0.25) is 4.79 Å². The van der Waals surface area contributed by atoms with E-state index in [1.54, 1.807) is 81.8 Å². The van der Waals surface area contributed by atoms with E-state index in [4.69, 9.17) is 18.9 Å². The third-order valence-corrected chi connectivity index (χ3v) is 5.47. The summed E-state index contributed by atoms with van der Waals surface area (Å²) in [5.41, 5.74) is 2.23. The highest BCUT2D eigenvalue weighted by atomic mass is 79.9. The van der Waals surface area contributed by atoms with Crippen LogP contribution in [0.3, 0.4) is 0 Å². The average molecular weight is 495 g/mol. The Morgan fingerprint density at radius 2 is 1.69 bits per heavy atom. The van der Waals surface area contributed by atoms with Crippen molar-refractivity contribution in [3.05, 3.63) is 87.1 Å². The lowest BCUT2D eigenvalue weighted by Crippen LogP contribution is -2.08. The van der Waals surface area contributed by atoms with E-state index in [0.29, 0.717) is 39.7 Å². The molecule has 0 amide bonds. The van der Waals surface area contributed by atoms with Gasteiger partial charge in [-0.25, -0.2) is 4.79 Å². The number of ether oxygens (including phenoxy) is 4. The minimum atomic E-state index is -0.498. The second-order valence-corrected chi connectivity index (χ2v) is 7.98. The molecule has 0 aliphatic carbocycles. The first-order valence-electron chi connectivity index (χ1n) is 9.68. The zero-order chi connectivity index (χ0) is 22.8. The van der Waals surface area contributed by atoms with Gasteiger partial charge in [0, 0.05) is 10.5 Å². The molecule has 1 aliphatic heterocycles. The number of methoxy groups -OCH3 is 2. The van der Waals surface area contributed by atoms with Crippen molar-refractivity contribution in [2.75, 3.05) is 14.2 Å². The maximum absolute atomic E-state index is 12.9. The molecule has 3 aromatic carbocycles. The van der Waals surface area contributed by atoms with Gasteiger partial charge < -0.3 is 18.9 Å². The Balaban J connectivity index is 1.60. The van der Waals surface area contributed by atoms with E-state index in [-0.39, 0.29) is 11.5 Å². The number of benzene rings is 3. The number of carbonyl (C=O) groups excluding carboxylic acids is 2. The SMILES string of the molecule is COc1ccc(/C=C2\Oc3cc(OC(=O)c4ccc(Br)cc4)cc(C)c3C2=O)cc1OC. The third-order valence-electron chi connectivity index (χ3n) is 4.94. The van der Waals surface area contributed by atoms with Crippen LogP contribution in [0, 0.1) is 6.92 Å². The van der Waals surface area contributed by atoms with Crippen molar-refractivity contribution in [2.24, 2.45) is 0 Å². The Kier molecular flexibility index (Phi) is 6.01. The molecule has 4 rings (SSSR count). The monoisotopic (exact) mass is 494 g/mol. The fraction of sp³-hybridized carbons (Fsp3) is 0.120. The lowest BCUT2D eigenvalue weighted by atomic mass is 10.0. The van der Waals surface area contributed by atoms with Gasteiger partial charge in [-0.2, -0.15) is 0 Å². The van der Waals surface area contributed by atoms with Crippen molar-refractivity contribution in [3.8, 4) is 23.0 Å². The van der Waals surface area contributed by atoms with Gasteiger partial charge in [0.1, 0.15) is 11.5 Å². The summed E-state index contributed by atoms with van der Waals surface area (Å²) in [5.74, 6) is 1.22. The predicted octanol–water partition coefficient (Wildman–Crippen LogP) is 5.61. The fourth-order valence-corrected chi connectivity index (χ4v) is 3.65. The number of hydrogen-bond acceptors (Lipinski definition) is 6. The molecule has 32 heavy (non-hydrogen) atoms. The van der Waals surface area contributed by atoms with Gasteiger partial charge in [0.05, 0.1) is 25.3 Å². The van der Waals surface area contributed by atoms with Gasteiger partial charge in [0.25, 0.3) is 0 Å². The van der Waals surface area contributed by atoms with E-state index in [0.717, 1.165) is 10.0 Å². The molecule has 1 heterocycles. The van der Waals surface area contributed by atoms with Crippen LogP contribution in [0.15, 0.2) is 64.8 Å². The topological polar surface area (TPSA) is 71.1 Å². The van der Waals surface area contributed by atoms with Gasteiger partial charge in [0.15, 0.2) is 17.3 Å². The van der Waals surface area contributed by atoms with Crippen LogP contribution in [-0.4, -0.2) is 26.0 Å². The van der Waals surface area contributed by atoms with Gasteiger partial charge in [-0.1, -0.05) is 22.0 Å². The first kappa shape index (κ1) is 21.6. The molecule has 7 heteroatoms. The lowest BCUT2D eigenvalue weighted by molar-refractivity contribution is 0.0734. The number of aryl methyl sites for hydroxylation is 1. The molecular weight excluding hydrogens is 476 g/mol. The summed E-state index contributed by atoms with van der Waals surface area (Å²) in [6.07, 6.45) is 1.64. The Hall–Kier alpha value is -3.58. The maximum Gasteiger partial charge on any atom is 0.343 e. The molecule has 0 saturated carbocycles. The minimum Gasteiger partial charge on any atom is -0.493 e. The number of fused-ring (bicyclic) bond motifs is 1. The summed E-state index contributed by atoms with van der Waals surface area (Å²) in [6, 6.07) is 15.4. The quantitative estimate of drug-likeness (QED) is 0.260. The van der Waals surface area contributed by atoms with Crippen LogP contribution in [0.2, 0.25) is 0 Å². The fourth-order valence-electron chi connectivity index (χ4n) is 3.38. The normalized spacial score (nSPS) is 13.5. The Bertz CT molecular complexity index is 1240. The molecule has 0 bridgehead atoms. The highest BCUT2D eigenvalue weighted by Crippen LogP contribution is 2.38. The van der Waals surface area contributed by atoms with Crippen LogP contribution < -0.4 is 18.9 Å². The Morgan fingerprint density at radius 3 is 2.38 bits per heavy atom. The second kappa shape index (κ2) is 8.88. The molecule has 6 nitrogen and oxygen atoms in total. The summed E-state index contributed by atoms with van der Waals surface area (Å²) in [4.78, 5) is 25.4. The van der Waals surface area contributed by atoms with E-state index in [1.807, 2.05) is 0 Å². The summed E-state index contributed by atoms with van der Waals surface area (Å²) in [5, 5.41) is 0. The summed E-state index contributed by atoms with van der Waals surface area (Å²) < 4.78 is 22.7. The molecule has 0 N–H and O–H groups in total. The number of allylic oxidation sites excluding steroid dienone is 1. The number of hydrogen-bond donors (Lipinski definition) is 0. The van der Waals surface area contributed by atoms with Gasteiger partial charge in [-0.15, -0.1) is 0 Å². The number of halogens is 1. The molecule has 0 atom stereocenters. The molecule has 1 aliphatic rings. The van der Waals surface area contributed by atoms with Crippen molar-refractivity contribution in [2.45, 2.75) is 6.92 Å². The first-order chi connectivity index (χ1) is 15.4. The number of carbonyl (C=O) groups is 2. The largest absolute Gasteiger partial charge is 0.493 e.